The Bertz CT molecular complexity index is 1030. The van der Waals surface area contributed by atoms with Gasteiger partial charge in [0.25, 0.3) is 0 Å². The molecule has 1 atom stereocenters. The summed E-state index contributed by atoms with van der Waals surface area (Å²) in [5, 5.41) is 12.6. The highest BCUT2D eigenvalue weighted by Gasteiger charge is 2.23. The van der Waals surface area contributed by atoms with E-state index in [9.17, 15) is 9.18 Å². The molecule has 1 fully saturated rings. The number of hydrogen-bond acceptors (Lipinski definition) is 6. The molecule has 33 heavy (non-hydrogen) atoms. The maximum Gasteiger partial charge on any atom is 0.230 e. The normalized spacial score (nSPS) is 15.1. The van der Waals surface area contributed by atoms with E-state index < -0.39 is 0 Å². The third kappa shape index (κ3) is 5.96. The summed E-state index contributed by atoms with van der Waals surface area (Å²) in [7, 11) is 0. The molecule has 1 amide bonds. The van der Waals surface area contributed by atoms with Crippen molar-refractivity contribution in [3.63, 3.8) is 0 Å². The van der Waals surface area contributed by atoms with Crippen LogP contribution in [0.25, 0.3) is 0 Å². The van der Waals surface area contributed by atoms with E-state index in [1.54, 1.807) is 18.4 Å². The number of nitrogens with zero attached hydrogens (tertiary/aromatic N) is 4. The van der Waals surface area contributed by atoms with Crippen molar-refractivity contribution < 1.29 is 13.6 Å². The molecule has 1 aliphatic heterocycles. The largest absolute Gasteiger partial charge is 0.467 e. The monoisotopic (exact) mass is 471 g/mol. The van der Waals surface area contributed by atoms with Gasteiger partial charge in [0.1, 0.15) is 11.6 Å². The highest BCUT2D eigenvalue weighted by molar-refractivity contribution is 7.99. The highest BCUT2D eigenvalue weighted by atomic mass is 32.2. The molecule has 0 saturated carbocycles. The van der Waals surface area contributed by atoms with E-state index in [1.165, 1.54) is 30.3 Å². The smallest absolute Gasteiger partial charge is 0.230 e. The number of amides is 1. The first-order valence-electron chi connectivity index (χ1n) is 11.4. The average molecular weight is 472 g/mol. The zero-order chi connectivity index (χ0) is 23.2. The topological polar surface area (TPSA) is 76.2 Å². The Kier molecular flexibility index (Phi) is 7.69. The number of aromatic nitrogens is 3. The van der Waals surface area contributed by atoms with Crippen LogP contribution >= 0.6 is 11.8 Å². The van der Waals surface area contributed by atoms with E-state index >= 15 is 0 Å². The molecule has 1 aromatic carbocycles. The average Bonchev–Trinajstić information content (AvgIpc) is 3.48. The van der Waals surface area contributed by atoms with Gasteiger partial charge in [-0.1, -0.05) is 37.7 Å². The molecule has 0 radical (unpaired) electrons. The zero-order valence-electron chi connectivity index (χ0n) is 19.0. The maximum atomic E-state index is 13.3. The van der Waals surface area contributed by atoms with Gasteiger partial charge in [-0.05, 0) is 55.0 Å². The van der Waals surface area contributed by atoms with E-state index in [1.807, 2.05) is 30.5 Å². The fourth-order valence-corrected chi connectivity index (χ4v) is 4.81. The Labute approximate surface area is 197 Å². The number of rotatable bonds is 9. The lowest BCUT2D eigenvalue weighted by molar-refractivity contribution is -0.119. The molecule has 9 heteroatoms. The van der Waals surface area contributed by atoms with Gasteiger partial charge in [-0.25, -0.2) is 4.39 Å². The van der Waals surface area contributed by atoms with Crippen LogP contribution in [0.2, 0.25) is 0 Å². The van der Waals surface area contributed by atoms with Crippen molar-refractivity contribution >= 4 is 23.6 Å². The minimum absolute atomic E-state index is 0.102. The minimum Gasteiger partial charge on any atom is -0.467 e. The lowest BCUT2D eigenvalue weighted by Gasteiger charge is -2.27. The van der Waals surface area contributed by atoms with Gasteiger partial charge in [0.05, 0.1) is 24.6 Å². The van der Waals surface area contributed by atoms with Crippen LogP contribution in [-0.2, 0) is 11.3 Å². The van der Waals surface area contributed by atoms with Crippen LogP contribution in [-0.4, -0.2) is 39.5 Å². The number of nitrogens with one attached hydrogen (secondary N) is 1. The Morgan fingerprint density at radius 2 is 1.91 bits per heavy atom. The summed E-state index contributed by atoms with van der Waals surface area (Å²) < 4.78 is 20.9. The van der Waals surface area contributed by atoms with Crippen molar-refractivity contribution in [2.45, 2.75) is 50.9 Å². The first-order chi connectivity index (χ1) is 16.0. The molecule has 1 saturated heterocycles. The number of carbonyl (C=O) groups is 1. The van der Waals surface area contributed by atoms with Crippen LogP contribution in [0.4, 0.5) is 10.3 Å². The van der Waals surface area contributed by atoms with Crippen LogP contribution in [0.15, 0.2) is 52.2 Å². The van der Waals surface area contributed by atoms with Crippen LogP contribution in [0.1, 0.15) is 50.5 Å². The molecule has 0 spiro atoms. The van der Waals surface area contributed by atoms with Crippen molar-refractivity contribution in [1.82, 2.24) is 20.1 Å². The summed E-state index contributed by atoms with van der Waals surface area (Å²) in [4.78, 5) is 15.1. The summed E-state index contributed by atoms with van der Waals surface area (Å²) >= 11 is 1.36. The van der Waals surface area contributed by atoms with E-state index in [0.29, 0.717) is 11.7 Å². The number of thioether (sulfide) groups is 1. The second kappa shape index (κ2) is 10.9. The number of benzene rings is 1. The van der Waals surface area contributed by atoms with Gasteiger partial charge < -0.3 is 14.6 Å². The zero-order valence-corrected chi connectivity index (χ0v) is 19.9. The van der Waals surface area contributed by atoms with Crippen molar-refractivity contribution in [1.29, 1.82) is 0 Å². The second-order valence-electron chi connectivity index (χ2n) is 8.63. The molecule has 3 aromatic rings. The summed E-state index contributed by atoms with van der Waals surface area (Å²) in [5.74, 6) is 1.62. The van der Waals surface area contributed by atoms with E-state index in [2.05, 4.69) is 20.4 Å². The fraction of sp³-hybridized carbons (Fsp3) is 0.458. The van der Waals surface area contributed by atoms with Gasteiger partial charge in [-0.2, -0.15) is 0 Å². The van der Waals surface area contributed by atoms with Crippen LogP contribution in [0, 0.1) is 11.7 Å². The summed E-state index contributed by atoms with van der Waals surface area (Å²) in [6.45, 7) is 6.49. The molecule has 7 nitrogen and oxygen atoms in total. The molecule has 1 N–H and O–H groups in total. The van der Waals surface area contributed by atoms with Crippen molar-refractivity contribution in [2.24, 2.45) is 5.92 Å². The molecule has 1 unspecified atom stereocenters. The summed E-state index contributed by atoms with van der Waals surface area (Å²) in [5.41, 5.74) is 0.887. The SMILES string of the molecule is CC(C)C(NC(=O)CSc1nnc(N2CCCCC2)n1Cc1ccco1)c1ccc(F)cc1. The molecule has 4 rings (SSSR count). The number of furan rings is 1. The predicted octanol–water partition coefficient (Wildman–Crippen LogP) is 4.65. The quantitative estimate of drug-likeness (QED) is 0.458. The van der Waals surface area contributed by atoms with Crippen LogP contribution in [0.5, 0.6) is 0 Å². The molecule has 0 aliphatic carbocycles. The molecular formula is C24H30FN5O2S. The Hall–Kier alpha value is -2.81. The third-order valence-electron chi connectivity index (χ3n) is 5.77. The number of anilines is 1. The lowest BCUT2D eigenvalue weighted by Crippen LogP contribution is -2.33. The summed E-state index contributed by atoms with van der Waals surface area (Å²) in [6, 6.07) is 9.88. The Morgan fingerprint density at radius 1 is 1.15 bits per heavy atom. The van der Waals surface area contributed by atoms with Crippen molar-refractivity contribution in [3.05, 3.63) is 59.8 Å². The Balaban J connectivity index is 1.45. The number of hydrogen-bond donors (Lipinski definition) is 1. The molecular weight excluding hydrogens is 441 g/mol. The first kappa shape index (κ1) is 23.4. The van der Waals surface area contributed by atoms with Gasteiger partial charge in [0.15, 0.2) is 5.16 Å². The van der Waals surface area contributed by atoms with Crippen LogP contribution in [0.3, 0.4) is 0 Å². The molecule has 0 bridgehead atoms. The van der Waals surface area contributed by atoms with Crippen LogP contribution < -0.4 is 10.2 Å². The van der Waals surface area contributed by atoms with Crippen molar-refractivity contribution in [2.75, 3.05) is 23.7 Å². The van der Waals surface area contributed by atoms with Gasteiger partial charge in [-0.3, -0.25) is 9.36 Å². The number of carbonyl (C=O) groups excluding carboxylic acids is 1. The summed E-state index contributed by atoms with van der Waals surface area (Å²) in [6.07, 6.45) is 5.16. The lowest BCUT2D eigenvalue weighted by atomic mass is 9.96. The first-order valence-corrected chi connectivity index (χ1v) is 12.4. The molecule has 3 heterocycles. The highest BCUT2D eigenvalue weighted by Crippen LogP contribution is 2.27. The van der Waals surface area contributed by atoms with Crippen molar-refractivity contribution in [3.8, 4) is 0 Å². The molecule has 176 valence electrons. The van der Waals surface area contributed by atoms with Gasteiger partial charge in [0, 0.05) is 13.1 Å². The van der Waals surface area contributed by atoms with E-state index in [0.717, 1.165) is 43.2 Å². The predicted molar refractivity (Wildman–Crippen MR) is 127 cm³/mol. The molecule has 1 aliphatic rings. The Morgan fingerprint density at radius 3 is 2.58 bits per heavy atom. The second-order valence-corrected chi connectivity index (χ2v) is 9.57. The van der Waals surface area contributed by atoms with E-state index in [4.69, 9.17) is 4.42 Å². The standard InChI is InChI=1S/C24H30FN5O2S/c1-17(2)22(18-8-10-19(25)11-9-18)26-21(31)16-33-24-28-27-23(29-12-4-3-5-13-29)30(24)15-20-7-6-14-32-20/h6-11,14,17,22H,3-5,12-13,15-16H2,1-2H3,(H,26,31). The maximum absolute atomic E-state index is 13.3. The van der Waals surface area contributed by atoms with Gasteiger partial charge in [-0.15, -0.1) is 10.2 Å². The third-order valence-corrected chi connectivity index (χ3v) is 6.74. The number of piperidine rings is 1. The fourth-order valence-electron chi connectivity index (χ4n) is 4.06. The number of halogens is 1. The minimum atomic E-state index is -0.288. The van der Waals surface area contributed by atoms with E-state index in [-0.39, 0.29) is 29.4 Å². The van der Waals surface area contributed by atoms with Gasteiger partial charge in [0.2, 0.25) is 11.9 Å². The molecule has 2 aromatic heterocycles. The van der Waals surface area contributed by atoms with Gasteiger partial charge >= 0.3 is 0 Å².